The summed E-state index contributed by atoms with van der Waals surface area (Å²) in [6.07, 6.45) is -0.679. The van der Waals surface area contributed by atoms with Gasteiger partial charge in [-0.3, -0.25) is 0 Å². The fourth-order valence-corrected chi connectivity index (χ4v) is 1.84. The monoisotopic (exact) mass is 269 g/mol. The third kappa shape index (κ3) is 4.38. The molecule has 0 heterocycles. The summed E-state index contributed by atoms with van der Waals surface area (Å²) in [6.45, 7) is 3.20. The van der Waals surface area contributed by atoms with Crippen molar-refractivity contribution in [1.82, 2.24) is 5.32 Å². The Balaban J connectivity index is 2.81. The SMILES string of the molecule is COCCNC(C)C(O)c1cc(OC)ccc1OC. The van der Waals surface area contributed by atoms with Crippen LogP contribution in [0.15, 0.2) is 18.2 Å². The van der Waals surface area contributed by atoms with Crippen LogP contribution in [0.2, 0.25) is 0 Å². The number of aliphatic hydroxyl groups excluding tert-OH is 1. The molecule has 5 nitrogen and oxygen atoms in total. The van der Waals surface area contributed by atoms with Crippen LogP contribution < -0.4 is 14.8 Å². The Labute approximate surface area is 114 Å². The Kier molecular flexibility index (Phi) is 6.62. The highest BCUT2D eigenvalue weighted by atomic mass is 16.5. The largest absolute Gasteiger partial charge is 0.497 e. The topological polar surface area (TPSA) is 60.0 Å². The number of benzene rings is 1. The van der Waals surface area contributed by atoms with Crippen LogP contribution in [0.3, 0.4) is 0 Å². The fraction of sp³-hybridized carbons (Fsp3) is 0.571. The van der Waals surface area contributed by atoms with E-state index in [9.17, 15) is 5.11 Å². The van der Waals surface area contributed by atoms with E-state index in [2.05, 4.69) is 5.32 Å². The van der Waals surface area contributed by atoms with E-state index >= 15 is 0 Å². The van der Waals surface area contributed by atoms with E-state index in [-0.39, 0.29) is 6.04 Å². The molecule has 0 aliphatic rings. The molecule has 0 fully saturated rings. The van der Waals surface area contributed by atoms with Gasteiger partial charge in [-0.1, -0.05) is 0 Å². The molecule has 0 radical (unpaired) electrons. The second-order valence-electron chi connectivity index (χ2n) is 4.29. The number of rotatable bonds is 8. The van der Waals surface area contributed by atoms with E-state index in [4.69, 9.17) is 14.2 Å². The summed E-state index contributed by atoms with van der Waals surface area (Å²) in [6, 6.07) is 5.27. The van der Waals surface area contributed by atoms with Crippen LogP contribution in [0.25, 0.3) is 0 Å². The smallest absolute Gasteiger partial charge is 0.124 e. The number of hydrogen-bond acceptors (Lipinski definition) is 5. The minimum atomic E-state index is -0.679. The molecule has 1 aromatic rings. The van der Waals surface area contributed by atoms with Crippen molar-refractivity contribution < 1.29 is 19.3 Å². The quantitative estimate of drug-likeness (QED) is 0.698. The van der Waals surface area contributed by atoms with Crippen molar-refractivity contribution in [3.8, 4) is 11.5 Å². The minimum absolute atomic E-state index is 0.115. The normalized spacial score (nSPS) is 13.9. The first-order valence-electron chi connectivity index (χ1n) is 6.26. The summed E-state index contributed by atoms with van der Waals surface area (Å²) < 4.78 is 15.4. The number of ether oxygens (including phenoxy) is 3. The standard InChI is InChI=1S/C14H23NO4/c1-10(15-7-8-17-2)14(16)12-9-11(18-3)5-6-13(12)19-4/h5-6,9-10,14-16H,7-8H2,1-4H3. The van der Waals surface area contributed by atoms with Crippen molar-refractivity contribution in [2.45, 2.75) is 19.1 Å². The van der Waals surface area contributed by atoms with Crippen molar-refractivity contribution in [2.75, 3.05) is 34.5 Å². The predicted octanol–water partition coefficient (Wildman–Crippen LogP) is 1.36. The zero-order chi connectivity index (χ0) is 14.3. The summed E-state index contributed by atoms with van der Waals surface area (Å²) >= 11 is 0. The maximum Gasteiger partial charge on any atom is 0.124 e. The van der Waals surface area contributed by atoms with Gasteiger partial charge < -0.3 is 24.6 Å². The highest BCUT2D eigenvalue weighted by Crippen LogP contribution is 2.30. The summed E-state index contributed by atoms with van der Waals surface area (Å²) in [7, 11) is 4.83. The Morgan fingerprint density at radius 3 is 2.53 bits per heavy atom. The Hall–Kier alpha value is -1.30. The lowest BCUT2D eigenvalue weighted by molar-refractivity contribution is 0.123. The molecule has 0 amide bonds. The molecule has 5 heteroatoms. The third-order valence-corrected chi connectivity index (χ3v) is 3.00. The van der Waals surface area contributed by atoms with Crippen LogP contribution in [-0.2, 0) is 4.74 Å². The van der Waals surface area contributed by atoms with Gasteiger partial charge in [0.1, 0.15) is 11.5 Å². The second kappa shape index (κ2) is 7.99. The summed E-state index contributed by atoms with van der Waals surface area (Å²) in [5.41, 5.74) is 0.708. The van der Waals surface area contributed by atoms with E-state index in [0.29, 0.717) is 30.2 Å². The van der Waals surface area contributed by atoms with Gasteiger partial charge in [0.15, 0.2) is 0 Å². The molecule has 2 atom stereocenters. The maximum atomic E-state index is 10.4. The van der Waals surface area contributed by atoms with Gasteiger partial charge >= 0.3 is 0 Å². The molecule has 0 spiro atoms. The van der Waals surface area contributed by atoms with Crippen LogP contribution >= 0.6 is 0 Å². The van der Waals surface area contributed by atoms with Gasteiger partial charge in [-0.2, -0.15) is 0 Å². The molecule has 1 aromatic carbocycles. The summed E-state index contributed by atoms with van der Waals surface area (Å²) in [4.78, 5) is 0. The van der Waals surface area contributed by atoms with Crippen LogP contribution in [0.1, 0.15) is 18.6 Å². The number of methoxy groups -OCH3 is 3. The summed E-state index contributed by atoms with van der Waals surface area (Å²) in [5, 5.41) is 13.6. The first-order valence-corrected chi connectivity index (χ1v) is 6.26. The van der Waals surface area contributed by atoms with Crippen LogP contribution in [0.5, 0.6) is 11.5 Å². The maximum absolute atomic E-state index is 10.4. The highest BCUT2D eigenvalue weighted by molar-refractivity contribution is 5.42. The molecule has 2 N–H and O–H groups in total. The van der Waals surface area contributed by atoms with Gasteiger partial charge in [0.2, 0.25) is 0 Å². The van der Waals surface area contributed by atoms with E-state index in [1.165, 1.54) is 0 Å². The molecule has 1 rings (SSSR count). The molecule has 0 saturated heterocycles. The van der Waals surface area contributed by atoms with Gasteiger partial charge in [0, 0.05) is 25.3 Å². The van der Waals surface area contributed by atoms with Crippen molar-refractivity contribution >= 4 is 0 Å². The first-order chi connectivity index (χ1) is 9.13. The lowest BCUT2D eigenvalue weighted by Gasteiger charge is -2.22. The van der Waals surface area contributed by atoms with Crippen LogP contribution in [0, 0.1) is 0 Å². The fourth-order valence-electron chi connectivity index (χ4n) is 1.84. The molecule has 108 valence electrons. The third-order valence-electron chi connectivity index (χ3n) is 3.00. The predicted molar refractivity (Wildman–Crippen MR) is 73.8 cm³/mol. The lowest BCUT2D eigenvalue weighted by atomic mass is 10.0. The van der Waals surface area contributed by atoms with E-state index in [1.54, 1.807) is 39.5 Å². The van der Waals surface area contributed by atoms with Crippen molar-refractivity contribution in [1.29, 1.82) is 0 Å². The average Bonchev–Trinajstić information content (AvgIpc) is 2.45. The van der Waals surface area contributed by atoms with Crippen molar-refractivity contribution in [3.63, 3.8) is 0 Å². The highest BCUT2D eigenvalue weighted by Gasteiger charge is 2.20. The lowest BCUT2D eigenvalue weighted by Crippen LogP contribution is -2.34. The van der Waals surface area contributed by atoms with E-state index in [0.717, 1.165) is 0 Å². The van der Waals surface area contributed by atoms with Gasteiger partial charge in [0.05, 0.1) is 26.9 Å². The molecule has 0 aliphatic heterocycles. The molecule has 0 bridgehead atoms. The Morgan fingerprint density at radius 1 is 1.21 bits per heavy atom. The molecule has 2 unspecified atom stereocenters. The molecular formula is C14H23NO4. The zero-order valence-electron chi connectivity index (χ0n) is 12.0. The number of aliphatic hydroxyl groups is 1. The van der Waals surface area contributed by atoms with E-state index in [1.807, 2.05) is 6.92 Å². The Bertz CT molecular complexity index is 384. The molecule has 19 heavy (non-hydrogen) atoms. The van der Waals surface area contributed by atoms with E-state index < -0.39 is 6.10 Å². The summed E-state index contributed by atoms with van der Waals surface area (Å²) in [5.74, 6) is 1.34. The van der Waals surface area contributed by atoms with Crippen LogP contribution in [0.4, 0.5) is 0 Å². The molecular weight excluding hydrogens is 246 g/mol. The number of hydrogen-bond donors (Lipinski definition) is 2. The van der Waals surface area contributed by atoms with Gasteiger partial charge in [-0.05, 0) is 25.1 Å². The zero-order valence-corrected chi connectivity index (χ0v) is 12.0. The van der Waals surface area contributed by atoms with Crippen LogP contribution in [-0.4, -0.2) is 45.6 Å². The first kappa shape index (κ1) is 15.8. The van der Waals surface area contributed by atoms with Gasteiger partial charge in [0.25, 0.3) is 0 Å². The second-order valence-corrected chi connectivity index (χ2v) is 4.29. The van der Waals surface area contributed by atoms with Gasteiger partial charge in [-0.15, -0.1) is 0 Å². The van der Waals surface area contributed by atoms with Gasteiger partial charge in [-0.25, -0.2) is 0 Å². The van der Waals surface area contributed by atoms with Crippen molar-refractivity contribution in [3.05, 3.63) is 23.8 Å². The average molecular weight is 269 g/mol. The number of nitrogens with one attached hydrogen (secondary N) is 1. The molecule has 0 saturated carbocycles. The Morgan fingerprint density at radius 2 is 1.95 bits per heavy atom. The molecule has 0 aliphatic carbocycles. The molecule has 0 aromatic heterocycles. The minimum Gasteiger partial charge on any atom is -0.497 e. The van der Waals surface area contributed by atoms with Crippen molar-refractivity contribution in [2.24, 2.45) is 0 Å².